The van der Waals surface area contributed by atoms with Gasteiger partial charge >= 0.3 is 0 Å². The second-order valence-electron chi connectivity index (χ2n) is 4.28. The number of hydrogen-bond donors (Lipinski definition) is 1. The maximum Gasteiger partial charge on any atom is 0.228 e. The number of imidazole rings is 1. The van der Waals surface area contributed by atoms with Crippen molar-refractivity contribution in [2.24, 2.45) is 0 Å². The van der Waals surface area contributed by atoms with Crippen molar-refractivity contribution in [3.63, 3.8) is 0 Å². The molecular weight excluding hydrogens is 236 g/mol. The number of nitrogens with zero attached hydrogens (tertiary/aromatic N) is 1. The Morgan fingerprint density at radius 3 is 2.58 bits per heavy atom. The normalized spacial score (nSPS) is 10.8. The van der Waals surface area contributed by atoms with E-state index in [4.69, 9.17) is 0 Å². The second-order valence-corrected chi connectivity index (χ2v) is 4.28. The lowest BCUT2D eigenvalue weighted by Crippen LogP contribution is -2.03. The maximum absolute atomic E-state index is 12.3. The molecule has 0 aliphatic rings. The van der Waals surface area contributed by atoms with Gasteiger partial charge in [0.25, 0.3) is 0 Å². The molecule has 19 heavy (non-hydrogen) atoms. The fraction of sp³-hybridized carbons (Fsp3) is 0.125. The summed E-state index contributed by atoms with van der Waals surface area (Å²) in [5.74, 6) is 0.228. The predicted molar refractivity (Wildman–Crippen MR) is 78.0 cm³/mol. The minimum absolute atomic E-state index is 0.112. The van der Waals surface area contributed by atoms with Crippen LogP contribution in [0.25, 0.3) is 12.2 Å². The van der Waals surface area contributed by atoms with E-state index in [0.717, 1.165) is 11.3 Å². The Morgan fingerprint density at radius 2 is 2.00 bits per heavy atom. The van der Waals surface area contributed by atoms with E-state index in [9.17, 15) is 4.79 Å². The molecule has 0 saturated carbocycles. The molecule has 0 atom stereocenters. The molecule has 2 aromatic rings. The van der Waals surface area contributed by atoms with E-state index in [1.165, 1.54) is 0 Å². The minimum atomic E-state index is -0.112. The summed E-state index contributed by atoms with van der Waals surface area (Å²) in [4.78, 5) is 19.6. The summed E-state index contributed by atoms with van der Waals surface area (Å²) in [5, 5.41) is 0. The van der Waals surface area contributed by atoms with Crippen molar-refractivity contribution in [3.05, 3.63) is 65.3 Å². The Labute approximate surface area is 112 Å². The quantitative estimate of drug-likeness (QED) is 0.845. The molecule has 0 aliphatic carbocycles. The lowest BCUT2D eigenvalue weighted by molar-refractivity contribution is 0.103. The molecule has 0 aliphatic heterocycles. The van der Waals surface area contributed by atoms with Crippen LogP contribution in [0.2, 0.25) is 0 Å². The van der Waals surface area contributed by atoms with Crippen LogP contribution in [-0.2, 0) is 0 Å². The minimum Gasteiger partial charge on any atom is -0.335 e. The highest BCUT2D eigenvalue weighted by Gasteiger charge is 2.14. The van der Waals surface area contributed by atoms with Gasteiger partial charge in [-0.15, -0.1) is 0 Å². The molecule has 96 valence electrons. The molecule has 0 amide bonds. The highest BCUT2D eigenvalue weighted by Crippen LogP contribution is 2.14. The second kappa shape index (κ2) is 5.48. The molecule has 3 heteroatoms. The zero-order chi connectivity index (χ0) is 13.8. The number of carbonyl (C=O) groups is 1. The van der Waals surface area contributed by atoms with Gasteiger partial charge in [-0.25, -0.2) is 4.98 Å². The van der Waals surface area contributed by atoms with Gasteiger partial charge in [-0.2, -0.15) is 0 Å². The van der Waals surface area contributed by atoms with Crippen molar-refractivity contribution < 1.29 is 4.79 Å². The summed E-state index contributed by atoms with van der Waals surface area (Å²) in [6.45, 7) is 7.60. The van der Waals surface area contributed by atoms with E-state index in [1.54, 1.807) is 6.08 Å². The summed E-state index contributed by atoms with van der Waals surface area (Å²) in [5.41, 5.74) is 3.24. The summed E-state index contributed by atoms with van der Waals surface area (Å²) in [6, 6.07) is 7.45. The van der Waals surface area contributed by atoms with Crippen molar-refractivity contribution in [2.45, 2.75) is 13.8 Å². The summed E-state index contributed by atoms with van der Waals surface area (Å²) < 4.78 is 0. The lowest BCUT2D eigenvalue weighted by Gasteiger charge is -1.98. The molecule has 0 spiro atoms. The number of rotatable bonds is 4. The van der Waals surface area contributed by atoms with Gasteiger partial charge in [0, 0.05) is 5.56 Å². The van der Waals surface area contributed by atoms with Crippen LogP contribution in [0.4, 0.5) is 0 Å². The van der Waals surface area contributed by atoms with Crippen LogP contribution in [0.5, 0.6) is 0 Å². The fourth-order valence-corrected chi connectivity index (χ4v) is 1.80. The number of allylic oxidation sites excluding steroid dienone is 1. The molecular formula is C16H16N2O. The van der Waals surface area contributed by atoms with Gasteiger partial charge in [0.2, 0.25) is 5.78 Å². The van der Waals surface area contributed by atoms with Crippen LogP contribution in [0.1, 0.15) is 40.1 Å². The zero-order valence-corrected chi connectivity index (χ0v) is 11.1. The van der Waals surface area contributed by atoms with Crippen molar-refractivity contribution in [2.75, 3.05) is 0 Å². The highest BCUT2D eigenvalue weighted by molar-refractivity contribution is 6.06. The monoisotopic (exact) mass is 252 g/mol. The molecule has 1 aromatic heterocycles. The number of ketones is 1. The molecule has 0 bridgehead atoms. The van der Waals surface area contributed by atoms with Crippen LogP contribution < -0.4 is 0 Å². The Balaban J connectivity index is 2.39. The Morgan fingerprint density at radius 1 is 1.32 bits per heavy atom. The number of benzene rings is 1. The van der Waals surface area contributed by atoms with Crippen molar-refractivity contribution >= 4 is 17.9 Å². The van der Waals surface area contributed by atoms with Crippen LogP contribution in [0.15, 0.2) is 36.9 Å². The van der Waals surface area contributed by atoms with E-state index in [2.05, 4.69) is 16.5 Å². The molecule has 0 saturated heterocycles. The van der Waals surface area contributed by atoms with Gasteiger partial charge in [-0.3, -0.25) is 4.79 Å². The topological polar surface area (TPSA) is 45.8 Å². The number of aryl methyl sites for hydroxylation is 1. The number of nitrogens with one attached hydrogen (secondary N) is 1. The third-order valence-electron chi connectivity index (χ3n) is 2.82. The fourth-order valence-electron chi connectivity index (χ4n) is 1.80. The number of H-pyrrole nitrogens is 1. The third-order valence-corrected chi connectivity index (χ3v) is 2.82. The molecule has 0 radical (unpaired) electrons. The van der Waals surface area contributed by atoms with Crippen molar-refractivity contribution in [3.8, 4) is 0 Å². The average molecular weight is 252 g/mol. The summed E-state index contributed by atoms with van der Waals surface area (Å²) in [7, 11) is 0. The number of aromatic amines is 1. The van der Waals surface area contributed by atoms with Crippen LogP contribution in [0, 0.1) is 6.92 Å². The van der Waals surface area contributed by atoms with E-state index in [-0.39, 0.29) is 5.78 Å². The van der Waals surface area contributed by atoms with Crippen LogP contribution in [-0.4, -0.2) is 15.8 Å². The van der Waals surface area contributed by atoms with Gasteiger partial charge in [-0.05, 0) is 26.0 Å². The van der Waals surface area contributed by atoms with Crippen LogP contribution in [0.3, 0.4) is 0 Å². The zero-order valence-electron chi connectivity index (χ0n) is 11.1. The maximum atomic E-state index is 12.3. The number of carbonyl (C=O) groups excluding carboxylic acids is 1. The lowest BCUT2D eigenvalue weighted by atomic mass is 10.1. The average Bonchev–Trinajstić information content (AvgIpc) is 2.82. The van der Waals surface area contributed by atoms with Crippen molar-refractivity contribution in [1.82, 2.24) is 9.97 Å². The summed E-state index contributed by atoms with van der Waals surface area (Å²) in [6.07, 6.45) is 5.40. The van der Waals surface area contributed by atoms with Gasteiger partial charge in [0.15, 0.2) is 5.82 Å². The summed E-state index contributed by atoms with van der Waals surface area (Å²) >= 11 is 0. The third kappa shape index (κ3) is 2.71. The molecule has 1 N–H and O–H groups in total. The molecule has 1 aromatic carbocycles. The Hall–Kier alpha value is -2.42. The first kappa shape index (κ1) is 13.0. The molecule has 2 rings (SSSR count). The first-order chi connectivity index (χ1) is 9.15. The predicted octanol–water partition coefficient (Wildman–Crippen LogP) is 3.63. The SMILES string of the molecule is C=Cc1nc(C(=O)c2ccc(C)cc2)[nH]c1/C=C\C. The van der Waals surface area contributed by atoms with Gasteiger partial charge in [-0.1, -0.05) is 42.5 Å². The molecule has 3 nitrogen and oxygen atoms in total. The molecule has 1 heterocycles. The first-order valence-electron chi connectivity index (χ1n) is 6.12. The van der Waals surface area contributed by atoms with Gasteiger partial charge in [0.1, 0.15) is 0 Å². The van der Waals surface area contributed by atoms with Gasteiger partial charge < -0.3 is 4.98 Å². The Kier molecular flexibility index (Phi) is 3.76. The van der Waals surface area contributed by atoms with E-state index in [1.807, 2.05) is 50.3 Å². The smallest absolute Gasteiger partial charge is 0.228 e. The largest absolute Gasteiger partial charge is 0.335 e. The molecule has 0 fully saturated rings. The Bertz CT molecular complexity index is 633. The number of hydrogen-bond acceptors (Lipinski definition) is 2. The van der Waals surface area contributed by atoms with Crippen molar-refractivity contribution in [1.29, 1.82) is 0 Å². The molecule has 0 unspecified atom stereocenters. The number of aromatic nitrogens is 2. The standard InChI is InChI=1S/C16H16N2O/c1-4-6-14-13(5-2)17-16(18-14)15(19)12-9-7-11(3)8-10-12/h4-10H,2H2,1,3H3,(H,17,18)/b6-4-. The van der Waals surface area contributed by atoms with E-state index >= 15 is 0 Å². The van der Waals surface area contributed by atoms with Gasteiger partial charge in [0.05, 0.1) is 11.4 Å². The first-order valence-corrected chi connectivity index (χ1v) is 6.12. The highest BCUT2D eigenvalue weighted by atomic mass is 16.1. The van der Waals surface area contributed by atoms with Crippen LogP contribution >= 0.6 is 0 Å². The van der Waals surface area contributed by atoms with E-state index < -0.39 is 0 Å². The van der Waals surface area contributed by atoms with E-state index in [0.29, 0.717) is 17.1 Å².